The van der Waals surface area contributed by atoms with Crippen LogP contribution < -0.4 is 5.32 Å². The molecule has 9 nitrogen and oxygen atoms in total. The number of rotatable bonds is 11. The number of aliphatic hydroxyl groups is 1. The Morgan fingerprint density at radius 1 is 1.05 bits per heavy atom. The van der Waals surface area contributed by atoms with Crippen molar-refractivity contribution in [1.82, 2.24) is 10.2 Å². The van der Waals surface area contributed by atoms with E-state index in [1.807, 2.05) is 20.8 Å². The molecule has 0 radical (unpaired) electrons. The van der Waals surface area contributed by atoms with Crippen molar-refractivity contribution in [3.8, 4) is 0 Å². The molecule has 2 fully saturated rings. The monoisotopic (exact) mass is 610 g/mol. The average Bonchev–Trinajstić information content (AvgIpc) is 3.43. The van der Waals surface area contributed by atoms with E-state index in [0.717, 1.165) is 43.9 Å². The normalized spacial score (nSPS) is 21.4. The summed E-state index contributed by atoms with van der Waals surface area (Å²) in [6, 6.07) is 0.934. The first-order chi connectivity index (χ1) is 20.0. The summed E-state index contributed by atoms with van der Waals surface area (Å²) in [6.45, 7) is 11.3. The summed E-state index contributed by atoms with van der Waals surface area (Å²) >= 11 is 0. The highest BCUT2D eigenvalue weighted by Crippen LogP contribution is 2.27. The van der Waals surface area contributed by atoms with Gasteiger partial charge < -0.3 is 24.6 Å². The Bertz CT molecular complexity index is 1090. The number of benzene rings is 1. The molecule has 0 bridgehead atoms. The van der Waals surface area contributed by atoms with Crippen LogP contribution >= 0.6 is 0 Å². The molecule has 1 aromatic carbocycles. The molecule has 1 aromatic rings. The second-order valence-corrected chi connectivity index (χ2v) is 13.9. The maximum absolute atomic E-state index is 14.0. The molecule has 1 aliphatic heterocycles. The topological polar surface area (TPSA) is 114 Å². The number of carbonyl (C=O) groups is 3. The Hall–Kier alpha value is -2.63. The molecular weight excluding hydrogens is 562 g/mol. The molecule has 11 heteroatoms. The fraction of sp³-hybridized carbons (Fsp3) is 0.719. The van der Waals surface area contributed by atoms with Gasteiger partial charge in [0.1, 0.15) is 23.0 Å². The summed E-state index contributed by atoms with van der Waals surface area (Å²) in [6.07, 6.45) is 0.604. The highest BCUT2D eigenvalue weighted by atomic mass is 19.1. The molecule has 2 amide bonds. The lowest BCUT2D eigenvalue weighted by atomic mass is 9.94. The van der Waals surface area contributed by atoms with E-state index in [2.05, 4.69) is 5.32 Å². The molecule has 1 saturated heterocycles. The van der Waals surface area contributed by atoms with Crippen LogP contribution in [0.4, 0.5) is 13.6 Å². The first-order valence-corrected chi connectivity index (χ1v) is 15.2. The first kappa shape index (κ1) is 34.9. The van der Waals surface area contributed by atoms with Gasteiger partial charge in [-0.25, -0.2) is 13.6 Å². The number of ketones is 1. The summed E-state index contributed by atoms with van der Waals surface area (Å²) in [5.74, 6) is -2.08. The van der Waals surface area contributed by atoms with Gasteiger partial charge in [0, 0.05) is 24.8 Å². The van der Waals surface area contributed by atoms with Crippen molar-refractivity contribution >= 4 is 17.8 Å². The maximum atomic E-state index is 14.0. The zero-order valence-corrected chi connectivity index (χ0v) is 26.3. The number of ether oxygens (including phenoxy) is 3. The van der Waals surface area contributed by atoms with Gasteiger partial charge >= 0.3 is 6.09 Å². The molecule has 4 atom stereocenters. The predicted molar refractivity (Wildman–Crippen MR) is 156 cm³/mol. The lowest BCUT2D eigenvalue weighted by molar-refractivity contribution is -0.211. The van der Waals surface area contributed by atoms with Crippen LogP contribution in [0.25, 0.3) is 0 Å². The quantitative estimate of drug-likeness (QED) is 0.366. The molecule has 3 rings (SSSR count). The molecule has 1 heterocycles. The van der Waals surface area contributed by atoms with Crippen molar-refractivity contribution in [2.24, 2.45) is 11.3 Å². The molecule has 0 aromatic heterocycles. The summed E-state index contributed by atoms with van der Waals surface area (Å²) in [5, 5.41) is 14.4. The zero-order valence-electron chi connectivity index (χ0n) is 26.3. The van der Waals surface area contributed by atoms with Crippen molar-refractivity contribution in [3.05, 3.63) is 35.4 Å². The Kier molecular flexibility index (Phi) is 12.1. The van der Waals surface area contributed by atoms with Crippen LogP contribution in [-0.2, 0) is 30.2 Å². The van der Waals surface area contributed by atoms with Crippen LogP contribution in [0.15, 0.2) is 18.2 Å². The summed E-state index contributed by atoms with van der Waals surface area (Å²) in [5.41, 5.74) is -0.785. The van der Waals surface area contributed by atoms with Gasteiger partial charge in [-0.3, -0.25) is 14.5 Å². The second kappa shape index (κ2) is 14.9. The lowest BCUT2D eigenvalue weighted by Gasteiger charge is -2.43. The van der Waals surface area contributed by atoms with Gasteiger partial charge in [0.15, 0.2) is 6.29 Å². The lowest BCUT2D eigenvalue weighted by Crippen LogP contribution is -2.63. The molecule has 1 saturated carbocycles. The van der Waals surface area contributed by atoms with Crippen molar-refractivity contribution < 1.29 is 42.5 Å². The van der Waals surface area contributed by atoms with E-state index in [-0.39, 0.29) is 55.1 Å². The SMILES string of the molecule is CC(C)(C)CO[C@H]1CN(C(=O)OC(C)(C)C)[C@@H]([C@@H](O)[C@H](Cc2cc(F)cc(F)c2)NC(=O)CCC(=O)C2CCCC2)CO1. The smallest absolute Gasteiger partial charge is 0.410 e. The van der Waals surface area contributed by atoms with E-state index in [4.69, 9.17) is 14.2 Å². The number of hydrogen-bond donors (Lipinski definition) is 2. The van der Waals surface area contributed by atoms with Crippen LogP contribution in [0, 0.1) is 23.0 Å². The Labute approximate surface area is 253 Å². The molecule has 2 aliphatic rings. The highest BCUT2D eigenvalue weighted by Gasteiger charge is 2.42. The number of nitrogens with zero attached hydrogens (tertiary/aromatic N) is 1. The van der Waals surface area contributed by atoms with Crippen molar-refractivity contribution in [1.29, 1.82) is 0 Å². The van der Waals surface area contributed by atoms with Crippen molar-refractivity contribution in [2.75, 3.05) is 19.8 Å². The Morgan fingerprint density at radius 2 is 1.67 bits per heavy atom. The van der Waals surface area contributed by atoms with E-state index in [1.54, 1.807) is 20.8 Å². The molecule has 0 spiro atoms. The van der Waals surface area contributed by atoms with E-state index >= 15 is 0 Å². The molecule has 0 unspecified atom stereocenters. The fourth-order valence-corrected chi connectivity index (χ4v) is 5.38. The third-order valence-electron chi connectivity index (χ3n) is 7.47. The minimum Gasteiger partial charge on any atom is -0.444 e. The number of amides is 2. The van der Waals surface area contributed by atoms with Crippen LogP contribution in [0.1, 0.15) is 85.6 Å². The van der Waals surface area contributed by atoms with Crippen LogP contribution in [0.5, 0.6) is 0 Å². The fourth-order valence-electron chi connectivity index (χ4n) is 5.38. The Balaban J connectivity index is 1.81. The van der Waals surface area contributed by atoms with E-state index in [0.29, 0.717) is 6.61 Å². The standard InChI is InChI=1S/C32H48F2N2O7/c1-31(2,3)19-42-28-17-36(30(40)43-32(4,5)6)25(18-41-28)29(39)24(15-20-13-22(33)16-23(34)14-20)35-27(38)12-11-26(37)21-9-7-8-10-21/h13-14,16,21,24-25,28-29,39H,7-12,15,17-19H2,1-6H3,(H,35,38)/t24-,25+,28-,29-/m0/s1. The second-order valence-electron chi connectivity index (χ2n) is 13.9. The van der Waals surface area contributed by atoms with Gasteiger partial charge in [-0.05, 0) is 63.1 Å². The van der Waals surface area contributed by atoms with Gasteiger partial charge in [0.2, 0.25) is 5.91 Å². The molecule has 1 aliphatic carbocycles. The van der Waals surface area contributed by atoms with E-state index < -0.39 is 53.7 Å². The summed E-state index contributed by atoms with van der Waals surface area (Å²) in [7, 11) is 0. The Morgan fingerprint density at radius 3 is 2.26 bits per heavy atom. The molecule has 242 valence electrons. The number of Topliss-reactive ketones (excluding diaryl/α,β-unsaturated/α-hetero) is 1. The van der Waals surface area contributed by atoms with Gasteiger partial charge in [-0.2, -0.15) is 0 Å². The zero-order chi connectivity index (χ0) is 31.9. The number of hydrogen-bond acceptors (Lipinski definition) is 7. The molecule has 43 heavy (non-hydrogen) atoms. The summed E-state index contributed by atoms with van der Waals surface area (Å²) in [4.78, 5) is 40.3. The summed E-state index contributed by atoms with van der Waals surface area (Å²) < 4.78 is 45.5. The molecule has 2 N–H and O–H groups in total. The van der Waals surface area contributed by atoms with Gasteiger partial charge in [-0.15, -0.1) is 0 Å². The van der Waals surface area contributed by atoms with Crippen molar-refractivity contribution in [2.45, 2.75) is 117 Å². The molecular formula is C32H48F2N2O7. The van der Waals surface area contributed by atoms with Crippen LogP contribution in [0.2, 0.25) is 0 Å². The van der Waals surface area contributed by atoms with E-state index in [9.17, 15) is 28.3 Å². The van der Waals surface area contributed by atoms with Gasteiger partial charge in [-0.1, -0.05) is 33.6 Å². The minimum atomic E-state index is -1.42. The van der Waals surface area contributed by atoms with Crippen LogP contribution in [0.3, 0.4) is 0 Å². The number of halogens is 2. The minimum absolute atomic E-state index is 0.0281. The number of morpholine rings is 1. The third kappa shape index (κ3) is 11.4. The predicted octanol–water partition coefficient (Wildman–Crippen LogP) is 4.92. The largest absolute Gasteiger partial charge is 0.444 e. The highest BCUT2D eigenvalue weighted by molar-refractivity contribution is 5.86. The third-order valence-corrected chi connectivity index (χ3v) is 7.47. The van der Waals surface area contributed by atoms with Crippen molar-refractivity contribution in [3.63, 3.8) is 0 Å². The first-order valence-electron chi connectivity index (χ1n) is 15.2. The number of nitrogens with one attached hydrogen (secondary N) is 1. The maximum Gasteiger partial charge on any atom is 0.410 e. The average molecular weight is 611 g/mol. The van der Waals surface area contributed by atoms with Gasteiger partial charge in [0.25, 0.3) is 0 Å². The van der Waals surface area contributed by atoms with E-state index in [1.165, 1.54) is 4.90 Å². The van der Waals surface area contributed by atoms with Crippen LogP contribution in [-0.4, -0.2) is 77.6 Å². The number of carbonyl (C=O) groups excluding carboxylic acids is 3. The number of aliphatic hydroxyl groups excluding tert-OH is 1. The van der Waals surface area contributed by atoms with Gasteiger partial charge in [0.05, 0.1) is 37.9 Å².